The van der Waals surface area contributed by atoms with E-state index in [0.29, 0.717) is 0 Å². The molecule has 6 heteroatoms. The minimum Gasteiger partial charge on any atom is -0.367 e. The highest BCUT2D eigenvalue weighted by molar-refractivity contribution is 5.93. The van der Waals surface area contributed by atoms with Crippen molar-refractivity contribution in [3.05, 3.63) is 69.6 Å². The number of amides is 1. The molecular weight excluding hydrogens is 266 g/mol. The van der Waals surface area contributed by atoms with Gasteiger partial charge in [-0.1, -0.05) is 6.07 Å². The lowest BCUT2D eigenvalue weighted by Gasteiger charge is -2.14. The Balaban J connectivity index is 2.20. The highest BCUT2D eigenvalue weighted by atomic mass is 19.1. The SMILES string of the molecule is CC(NC(=O)c1c[nH]ccc1=O)c1ccc(F)cc1F. The zero-order valence-corrected chi connectivity index (χ0v) is 10.6. The van der Waals surface area contributed by atoms with Crippen LogP contribution in [0.3, 0.4) is 0 Å². The van der Waals surface area contributed by atoms with E-state index >= 15 is 0 Å². The summed E-state index contributed by atoms with van der Waals surface area (Å²) in [5.74, 6) is -2.06. The minimum absolute atomic E-state index is 0.0677. The topological polar surface area (TPSA) is 62.0 Å². The van der Waals surface area contributed by atoms with Crippen molar-refractivity contribution in [1.82, 2.24) is 10.3 Å². The standard InChI is InChI=1S/C14H12F2N2O2/c1-8(10-3-2-9(15)6-12(10)16)18-14(20)11-7-17-5-4-13(11)19/h2-8H,1H3,(H,17,19)(H,18,20). The van der Waals surface area contributed by atoms with Crippen molar-refractivity contribution in [3.8, 4) is 0 Å². The maximum atomic E-state index is 13.6. The van der Waals surface area contributed by atoms with Gasteiger partial charge in [0.05, 0.1) is 6.04 Å². The molecule has 0 radical (unpaired) electrons. The molecule has 20 heavy (non-hydrogen) atoms. The normalized spacial score (nSPS) is 11.9. The molecule has 0 bridgehead atoms. The molecule has 1 atom stereocenters. The van der Waals surface area contributed by atoms with Crippen LogP contribution in [0.5, 0.6) is 0 Å². The summed E-state index contributed by atoms with van der Waals surface area (Å²) in [4.78, 5) is 26.0. The fourth-order valence-electron chi connectivity index (χ4n) is 1.80. The Kier molecular flexibility index (Phi) is 3.93. The quantitative estimate of drug-likeness (QED) is 0.903. The summed E-state index contributed by atoms with van der Waals surface area (Å²) in [6.07, 6.45) is 2.67. The molecule has 1 unspecified atom stereocenters. The number of aromatic nitrogens is 1. The van der Waals surface area contributed by atoms with Gasteiger partial charge in [-0.2, -0.15) is 0 Å². The number of nitrogens with one attached hydrogen (secondary N) is 2. The Hall–Kier alpha value is -2.50. The van der Waals surface area contributed by atoms with Crippen LogP contribution in [0.4, 0.5) is 8.78 Å². The Labute approximate surface area is 113 Å². The van der Waals surface area contributed by atoms with Crippen LogP contribution in [0.2, 0.25) is 0 Å². The molecule has 0 saturated carbocycles. The summed E-state index contributed by atoms with van der Waals surface area (Å²) in [5.41, 5.74) is -0.359. The molecule has 1 heterocycles. The third-order valence-electron chi connectivity index (χ3n) is 2.85. The first kappa shape index (κ1) is 13.9. The predicted octanol–water partition coefficient (Wildman–Crippen LogP) is 2.14. The average molecular weight is 278 g/mol. The second-order valence-corrected chi connectivity index (χ2v) is 4.28. The zero-order valence-electron chi connectivity index (χ0n) is 10.6. The van der Waals surface area contributed by atoms with Gasteiger partial charge in [0.15, 0.2) is 5.43 Å². The number of carbonyl (C=O) groups excluding carboxylic acids is 1. The summed E-state index contributed by atoms with van der Waals surface area (Å²) in [6.45, 7) is 1.55. The van der Waals surface area contributed by atoms with E-state index in [0.717, 1.165) is 12.1 Å². The number of H-pyrrole nitrogens is 1. The van der Waals surface area contributed by atoms with E-state index < -0.39 is 29.0 Å². The van der Waals surface area contributed by atoms with E-state index in [1.165, 1.54) is 24.5 Å². The summed E-state index contributed by atoms with van der Waals surface area (Å²) in [5, 5.41) is 2.49. The highest BCUT2D eigenvalue weighted by Gasteiger charge is 2.16. The van der Waals surface area contributed by atoms with E-state index in [9.17, 15) is 18.4 Å². The van der Waals surface area contributed by atoms with Gasteiger partial charge in [-0.05, 0) is 13.0 Å². The third-order valence-corrected chi connectivity index (χ3v) is 2.85. The fourth-order valence-corrected chi connectivity index (χ4v) is 1.80. The van der Waals surface area contributed by atoms with Crippen LogP contribution < -0.4 is 10.7 Å². The lowest BCUT2D eigenvalue weighted by atomic mass is 10.1. The zero-order chi connectivity index (χ0) is 14.7. The summed E-state index contributed by atoms with van der Waals surface area (Å²) >= 11 is 0. The van der Waals surface area contributed by atoms with Gasteiger partial charge in [0.2, 0.25) is 0 Å². The summed E-state index contributed by atoms with van der Waals surface area (Å²) < 4.78 is 26.4. The largest absolute Gasteiger partial charge is 0.367 e. The van der Waals surface area contributed by atoms with Crippen LogP contribution in [-0.2, 0) is 0 Å². The van der Waals surface area contributed by atoms with Crippen molar-refractivity contribution in [2.24, 2.45) is 0 Å². The van der Waals surface area contributed by atoms with E-state index in [2.05, 4.69) is 10.3 Å². The van der Waals surface area contributed by atoms with Gasteiger partial charge in [-0.25, -0.2) is 8.78 Å². The number of halogens is 2. The second-order valence-electron chi connectivity index (χ2n) is 4.28. The van der Waals surface area contributed by atoms with E-state index in [1.807, 2.05) is 0 Å². The Morgan fingerprint density at radius 1 is 1.30 bits per heavy atom. The Morgan fingerprint density at radius 3 is 2.70 bits per heavy atom. The van der Waals surface area contributed by atoms with Crippen LogP contribution in [0.1, 0.15) is 28.9 Å². The second kappa shape index (κ2) is 5.64. The summed E-state index contributed by atoms with van der Waals surface area (Å²) in [6, 6.07) is 3.63. The Morgan fingerprint density at radius 2 is 2.05 bits per heavy atom. The summed E-state index contributed by atoms with van der Waals surface area (Å²) in [7, 11) is 0. The number of rotatable bonds is 3. The number of benzene rings is 1. The van der Waals surface area contributed by atoms with E-state index in [1.54, 1.807) is 6.92 Å². The van der Waals surface area contributed by atoms with E-state index in [4.69, 9.17) is 0 Å². The van der Waals surface area contributed by atoms with Crippen molar-refractivity contribution >= 4 is 5.91 Å². The molecule has 0 fully saturated rings. The third kappa shape index (κ3) is 2.90. The molecule has 0 aliphatic carbocycles. The fraction of sp³-hybridized carbons (Fsp3) is 0.143. The number of hydrogen-bond acceptors (Lipinski definition) is 2. The van der Waals surface area contributed by atoms with Crippen LogP contribution in [0, 0.1) is 11.6 Å². The van der Waals surface area contributed by atoms with Crippen LogP contribution in [0.15, 0.2) is 41.5 Å². The average Bonchev–Trinajstić information content (AvgIpc) is 2.38. The van der Waals surface area contributed by atoms with Crippen molar-refractivity contribution < 1.29 is 13.6 Å². The molecule has 104 valence electrons. The smallest absolute Gasteiger partial charge is 0.257 e. The molecule has 1 aromatic heterocycles. The lowest BCUT2D eigenvalue weighted by molar-refractivity contribution is 0.0938. The van der Waals surface area contributed by atoms with Gasteiger partial charge in [0, 0.05) is 30.1 Å². The number of pyridine rings is 1. The van der Waals surface area contributed by atoms with Crippen LogP contribution in [-0.4, -0.2) is 10.9 Å². The molecule has 4 nitrogen and oxygen atoms in total. The first-order valence-corrected chi connectivity index (χ1v) is 5.92. The van der Waals surface area contributed by atoms with E-state index in [-0.39, 0.29) is 11.1 Å². The van der Waals surface area contributed by atoms with Crippen molar-refractivity contribution in [2.75, 3.05) is 0 Å². The van der Waals surface area contributed by atoms with Crippen molar-refractivity contribution in [3.63, 3.8) is 0 Å². The van der Waals surface area contributed by atoms with Crippen LogP contribution in [0.25, 0.3) is 0 Å². The number of carbonyl (C=O) groups is 1. The highest BCUT2D eigenvalue weighted by Crippen LogP contribution is 2.17. The molecular formula is C14H12F2N2O2. The predicted molar refractivity (Wildman–Crippen MR) is 69.3 cm³/mol. The first-order chi connectivity index (χ1) is 9.49. The minimum atomic E-state index is -0.750. The van der Waals surface area contributed by atoms with Gasteiger partial charge in [0.25, 0.3) is 5.91 Å². The number of hydrogen-bond donors (Lipinski definition) is 2. The maximum absolute atomic E-state index is 13.6. The molecule has 2 rings (SSSR count). The number of aromatic amines is 1. The molecule has 1 aromatic carbocycles. The van der Waals surface area contributed by atoms with Crippen molar-refractivity contribution in [1.29, 1.82) is 0 Å². The van der Waals surface area contributed by atoms with Gasteiger partial charge >= 0.3 is 0 Å². The maximum Gasteiger partial charge on any atom is 0.257 e. The molecule has 0 aliphatic heterocycles. The molecule has 2 aromatic rings. The molecule has 0 spiro atoms. The molecule has 0 saturated heterocycles. The monoisotopic (exact) mass is 278 g/mol. The van der Waals surface area contributed by atoms with Gasteiger partial charge in [0.1, 0.15) is 17.2 Å². The van der Waals surface area contributed by atoms with Gasteiger partial charge in [-0.3, -0.25) is 9.59 Å². The first-order valence-electron chi connectivity index (χ1n) is 5.92. The molecule has 1 amide bonds. The van der Waals surface area contributed by atoms with Gasteiger partial charge < -0.3 is 10.3 Å². The van der Waals surface area contributed by atoms with Crippen LogP contribution >= 0.6 is 0 Å². The lowest BCUT2D eigenvalue weighted by Crippen LogP contribution is -2.31. The van der Waals surface area contributed by atoms with Crippen molar-refractivity contribution in [2.45, 2.75) is 13.0 Å². The Bertz CT molecular complexity index is 698. The molecule has 2 N–H and O–H groups in total. The molecule has 0 aliphatic rings. The van der Waals surface area contributed by atoms with Gasteiger partial charge in [-0.15, -0.1) is 0 Å².